The molecule has 28 heavy (non-hydrogen) atoms. The first-order chi connectivity index (χ1) is 13.7. The lowest BCUT2D eigenvalue weighted by atomic mass is 9.97. The lowest BCUT2D eigenvalue weighted by Crippen LogP contribution is -2.47. The summed E-state index contributed by atoms with van der Waals surface area (Å²) in [7, 11) is 0. The Labute approximate surface area is 164 Å². The van der Waals surface area contributed by atoms with Crippen molar-refractivity contribution in [3.8, 4) is 0 Å². The average Bonchev–Trinajstić information content (AvgIpc) is 3.47. The molecule has 0 amide bonds. The van der Waals surface area contributed by atoms with Crippen LogP contribution in [0.25, 0.3) is 0 Å². The van der Waals surface area contributed by atoms with E-state index < -0.39 is 0 Å². The Balaban J connectivity index is 1.11. The van der Waals surface area contributed by atoms with E-state index in [2.05, 4.69) is 25.1 Å². The third-order valence-electron chi connectivity index (χ3n) is 6.13. The Hall–Kier alpha value is -2.06. The van der Waals surface area contributed by atoms with Gasteiger partial charge in [-0.25, -0.2) is 4.68 Å². The predicted octanol–water partition coefficient (Wildman–Crippen LogP) is 1.20. The predicted molar refractivity (Wildman–Crippen MR) is 103 cm³/mol. The fourth-order valence-corrected chi connectivity index (χ4v) is 4.19. The van der Waals surface area contributed by atoms with Crippen molar-refractivity contribution in [2.75, 3.05) is 32.7 Å². The van der Waals surface area contributed by atoms with Gasteiger partial charge in [-0.15, -0.1) is 10.2 Å². The van der Waals surface area contributed by atoms with E-state index in [4.69, 9.17) is 4.42 Å². The van der Waals surface area contributed by atoms with Crippen LogP contribution >= 0.6 is 0 Å². The largest absolute Gasteiger partial charge is 0.424 e. The van der Waals surface area contributed by atoms with Crippen molar-refractivity contribution in [2.45, 2.75) is 57.5 Å². The van der Waals surface area contributed by atoms with Crippen LogP contribution in [-0.2, 0) is 25.9 Å². The SMILES string of the molecule is O=c1cc2c(nn1CCN1CCN(Cc3nnc(C4CC4)o3)CC1)CCCC2. The van der Waals surface area contributed by atoms with Crippen LogP contribution in [0, 0.1) is 0 Å². The molecule has 2 aromatic heterocycles. The van der Waals surface area contributed by atoms with E-state index in [9.17, 15) is 4.79 Å². The molecular formula is C20H28N6O2. The van der Waals surface area contributed by atoms with E-state index in [0.29, 0.717) is 12.5 Å². The van der Waals surface area contributed by atoms with E-state index >= 15 is 0 Å². The highest BCUT2D eigenvalue weighted by molar-refractivity contribution is 5.20. The molecule has 3 heterocycles. The number of hydrogen-bond donors (Lipinski definition) is 0. The highest BCUT2D eigenvalue weighted by Gasteiger charge is 2.29. The highest BCUT2D eigenvalue weighted by Crippen LogP contribution is 2.39. The smallest absolute Gasteiger partial charge is 0.267 e. The summed E-state index contributed by atoms with van der Waals surface area (Å²) in [5.41, 5.74) is 2.33. The van der Waals surface area contributed by atoms with Crippen molar-refractivity contribution in [3.63, 3.8) is 0 Å². The maximum atomic E-state index is 12.3. The van der Waals surface area contributed by atoms with Crippen LogP contribution in [0.3, 0.4) is 0 Å². The topological polar surface area (TPSA) is 80.3 Å². The maximum absolute atomic E-state index is 12.3. The quantitative estimate of drug-likeness (QED) is 0.740. The first kappa shape index (κ1) is 18.0. The zero-order chi connectivity index (χ0) is 18.9. The van der Waals surface area contributed by atoms with E-state index in [1.54, 1.807) is 10.7 Å². The second-order valence-corrected chi connectivity index (χ2v) is 8.31. The molecule has 150 valence electrons. The summed E-state index contributed by atoms with van der Waals surface area (Å²) in [5, 5.41) is 13.0. The van der Waals surface area contributed by atoms with Crippen LogP contribution in [0.5, 0.6) is 0 Å². The van der Waals surface area contributed by atoms with E-state index in [1.807, 2.05) is 0 Å². The van der Waals surface area contributed by atoms with Gasteiger partial charge in [0, 0.05) is 44.7 Å². The molecule has 8 heteroatoms. The molecule has 5 rings (SSSR count). The molecule has 2 aliphatic carbocycles. The Bertz CT molecular complexity index is 879. The molecule has 0 spiro atoms. The van der Waals surface area contributed by atoms with E-state index in [1.165, 1.54) is 25.7 Å². The number of piperazine rings is 1. The molecule has 1 saturated heterocycles. The number of fused-ring (bicyclic) bond motifs is 1. The molecule has 8 nitrogen and oxygen atoms in total. The van der Waals surface area contributed by atoms with Gasteiger partial charge in [-0.2, -0.15) is 5.10 Å². The lowest BCUT2D eigenvalue weighted by molar-refractivity contribution is 0.115. The third-order valence-corrected chi connectivity index (χ3v) is 6.13. The van der Waals surface area contributed by atoms with Crippen molar-refractivity contribution < 1.29 is 4.42 Å². The molecule has 1 aliphatic heterocycles. The third kappa shape index (κ3) is 4.03. The Morgan fingerprint density at radius 1 is 1.00 bits per heavy atom. The molecule has 0 bridgehead atoms. The summed E-state index contributed by atoms with van der Waals surface area (Å²) in [6.45, 7) is 6.21. The fraction of sp³-hybridized carbons (Fsp3) is 0.700. The summed E-state index contributed by atoms with van der Waals surface area (Å²) < 4.78 is 7.44. The Morgan fingerprint density at radius 2 is 1.79 bits per heavy atom. The minimum atomic E-state index is 0.0437. The van der Waals surface area contributed by atoms with Crippen molar-refractivity contribution in [3.05, 3.63) is 39.5 Å². The summed E-state index contributed by atoms with van der Waals surface area (Å²) >= 11 is 0. The Morgan fingerprint density at radius 3 is 2.61 bits per heavy atom. The molecule has 2 fully saturated rings. The summed E-state index contributed by atoms with van der Waals surface area (Å²) in [6, 6.07) is 1.81. The van der Waals surface area contributed by atoms with Gasteiger partial charge >= 0.3 is 0 Å². The second kappa shape index (κ2) is 7.75. The molecule has 3 aliphatic rings. The summed E-state index contributed by atoms with van der Waals surface area (Å²) in [5.74, 6) is 2.07. The van der Waals surface area contributed by atoms with Gasteiger partial charge in [0.2, 0.25) is 11.8 Å². The van der Waals surface area contributed by atoms with Gasteiger partial charge in [-0.05, 0) is 44.1 Å². The van der Waals surface area contributed by atoms with Gasteiger partial charge in [0.05, 0.1) is 18.8 Å². The van der Waals surface area contributed by atoms with Gasteiger partial charge in [0.25, 0.3) is 5.56 Å². The maximum Gasteiger partial charge on any atom is 0.267 e. The highest BCUT2D eigenvalue weighted by atomic mass is 16.4. The van der Waals surface area contributed by atoms with Crippen molar-refractivity contribution in [2.24, 2.45) is 0 Å². The first-order valence-electron chi connectivity index (χ1n) is 10.6. The fourth-order valence-electron chi connectivity index (χ4n) is 4.19. The van der Waals surface area contributed by atoms with Crippen LogP contribution in [0.2, 0.25) is 0 Å². The van der Waals surface area contributed by atoms with Crippen LogP contribution in [0.1, 0.15) is 54.6 Å². The molecule has 2 aromatic rings. The van der Waals surface area contributed by atoms with Gasteiger partial charge in [-0.1, -0.05) is 0 Å². The number of aromatic nitrogens is 4. The van der Waals surface area contributed by atoms with Gasteiger partial charge in [-0.3, -0.25) is 14.6 Å². The zero-order valence-corrected chi connectivity index (χ0v) is 16.3. The molecule has 0 atom stereocenters. The Kier molecular flexibility index (Phi) is 4.98. The van der Waals surface area contributed by atoms with Crippen LogP contribution < -0.4 is 5.56 Å². The molecular weight excluding hydrogens is 356 g/mol. The molecule has 0 aromatic carbocycles. The van der Waals surface area contributed by atoms with Crippen LogP contribution in [-0.4, -0.2) is 62.5 Å². The second-order valence-electron chi connectivity index (χ2n) is 8.31. The molecule has 0 unspecified atom stereocenters. The zero-order valence-electron chi connectivity index (χ0n) is 16.3. The number of rotatable bonds is 6. The summed E-state index contributed by atoms with van der Waals surface area (Å²) in [4.78, 5) is 17.1. The van der Waals surface area contributed by atoms with E-state index in [-0.39, 0.29) is 5.56 Å². The van der Waals surface area contributed by atoms with Gasteiger partial charge < -0.3 is 4.42 Å². The lowest BCUT2D eigenvalue weighted by Gasteiger charge is -2.33. The summed E-state index contributed by atoms with van der Waals surface area (Å²) in [6.07, 6.45) is 6.73. The van der Waals surface area contributed by atoms with Crippen LogP contribution in [0.4, 0.5) is 0 Å². The number of aryl methyl sites for hydroxylation is 2. The van der Waals surface area contributed by atoms with Crippen molar-refractivity contribution in [1.82, 2.24) is 29.8 Å². The van der Waals surface area contributed by atoms with Crippen LogP contribution in [0.15, 0.2) is 15.3 Å². The number of nitrogens with zero attached hydrogens (tertiary/aromatic N) is 6. The number of hydrogen-bond acceptors (Lipinski definition) is 7. The minimum Gasteiger partial charge on any atom is -0.424 e. The van der Waals surface area contributed by atoms with Crippen molar-refractivity contribution in [1.29, 1.82) is 0 Å². The standard InChI is InChI=1S/C20H28N6O2/c27-19-13-16-3-1-2-4-17(16)23-26(19)12-11-24-7-9-25(10-8-24)14-18-21-22-20(28-18)15-5-6-15/h13,15H,1-12,14H2. The molecule has 1 saturated carbocycles. The molecule has 0 N–H and O–H groups in total. The van der Waals surface area contributed by atoms with Gasteiger partial charge in [0.15, 0.2) is 0 Å². The first-order valence-corrected chi connectivity index (χ1v) is 10.6. The van der Waals surface area contributed by atoms with E-state index in [0.717, 1.165) is 75.1 Å². The van der Waals surface area contributed by atoms with Gasteiger partial charge in [0.1, 0.15) is 0 Å². The molecule has 0 radical (unpaired) electrons. The monoisotopic (exact) mass is 384 g/mol. The minimum absolute atomic E-state index is 0.0437. The average molecular weight is 384 g/mol. The van der Waals surface area contributed by atoms with Crippen molar-refractivity contribution >= 4 is 0 Å². The normalized spacial score (nSPS) is 21.0.